The molecule has 0 saturated heterocycles. The summed E-state index contributed by atoms with van der Waals surface area (Å²) in [4.78, 5) is 22.1. The number of hydrogen-bond acceptors (Lipinski definition) is 6. The normalized spacial score (nSPS) is 9.90. The Labute approximate surface area is 116 Å². The molecule has 0 aromatic heterocycles. The van der Waals surface area contributed by atoms with Gasteiger partial charge in [-0.1, -0.05) is 6.07 Å². The highest BCUT2D eigenvalue weighted by atomic mass is 16.6. The Balaban J connectivity index is 2.68. The Morgan fingerprint density at radius 3 is 2.70 bits per heavy atom. The zero-order valence-corrected chi connectivity index (χ0v) is 11.4. The largest absolute Gasteiger partial charge is 0.383 e. The van der Waals surface area contributed by atoms with Crippen LogP contribution < -0.4 is 16.0 Å². The third-order valence-corrected chi connectivity index (χ3v) is 2.56. The van der Waals surface area contributed by atoms with Gasteiger partial charge < -0.3 is 20.7 Å². The molecule has 0 spiro atoms. The van der Waals surface area contributed by atoms with E-state index in [0.29, 0.717) is 24.5 Å². The molecule has 0 saturated carbocycles. The number of carbonyl (C=O) groups is 1. The van der Waals surface area contributed by atoms with Crippen LogP contribution in [0.5, 0.6) is 0 Å². The van der Waals surface area contributed by atoms with E-state index in [1.807, 2.05) is 0 Å². The molecule has 0 aliphatic rings. The Morgan fingerprint density at radius 2 is 2.10 bits per heavy atom. The van der Waals surface area contributed by atoms with Crippen LogP contribution in [0.15, 0.2) is 18.2 Å². The van der Waals surface area contributed by atoms with E-state index in [4.69, 9.17) is 4.74 Å². The molecule has 0 heterocycles. The number of anilines is 2. The van der Waals surface area contributed by atoms with Crippen molar-refractivity contribution in [1.29, 1.82) is 0 Å². The average molecular weight is 282 g/mol. The van der Waals surface area contributed by atoms with Gasteiger partial charge in [0.25, 0.3) is 0 Å². The van der Waals surface area contributed by atoms with Crippen molar-refractivity contribution in [2.45, 2.75) is 0 Å². The van der Waals surface area contributed by atoms with Gasteiger partial charge in [0.05, 0.1) is 18.1 Å². The van der Waals surface area contributed by atoms with Gasteiger partial charge in [-0.15, -0.1) is 0 Å². The lowest BCUT2D eigenvalue weighted by atomic mass is 10.2. The van der Waals surface area contributed by atoms with Gasteiger partial charge in [-0.25, -0.2) is 0 Å². The van der Waals surface area contributed by atoms with Gasteiger partial charge in [0.2, 0.25) is 5.91 Å². The lowest BCUT2D eigenvalue weighted by Crippen LogP contribution is -2.32. The van der Waals surface area contributed by atoms with Gasteiger partial charge >= 0.3 is 5.69 Å². The maximum absolute atomic E-state index is 11.5. The van der Waals surface area contributed by atoms with E-state index in [1.165, 1.54) is 7.11 Å². The SMILES string of the molecule is CNc1cccc(NCC(=O)NCCOC)c1[N+](=O)[O-]. The summed E-state index contributed by atoms with van der Waals surface area (Å²) in [7, 11) is 3.14. The van der Waals surface area contributed by atoms with E-state index >= 15 is 0 Å². The first-order valence-corrected chi connectivity index (χ1v) is 6.04. The number of carbonyl (C=O) groups excluding carboxylic acids is 1. The van der Waals surface area contributed by atoms with Gasteiger partial charge in [-0.05, 0) is 12.1 Å². The lowest BCUT2D eigenvalue weighted by Gasteiger charge is -2.10. The number of nitrogens with one attached hydrogen (secondary N) is 3. The number of nitro groups is 1. The van der Waals surface area contributed by atoms with Crippen LogP contribution in [0.1, 0.15) is 0 Å². The molecule has 20 heavy (non-hydrogen) atoms. The standard InChI is InChI=1S/C12H18N4O4/c1-13-9-4-3-5-10(12(9)16(18)19)15-8-11(17)14-6-7-20-2/h3-5,13,15H,6-8H2,1-2H3,(H,14,17). The fraction of sp³-hybridized carbons (Fsp3) is 0.417. The molecule has 0 unspecified atom stereocenters. The summed E-state index contributed by atoms with van der Waals surface area (Å²) in [5.74, 6) is -0.258. The van der Waals surface area contributed by atoms with Gasteiger partial charge in [0.15, 0.2) is 0 Å². The number of para-hydroxylation sites is 1. The van der Waals surface area contributed by atoms with Crippen LogP contribution in [0.4, 0.5) is 17.1 Å². The highest BCUT2D eigenvalue weighted by Gasteiger charge is 2.18. The second-order valence-corrected chi connectivity index (χ2v) is 3.91. The van der Waals surface area contributed by atoms with E-state index < -0.39 is 4.92 Å². The van der Waals surface area contributed by atoms with Gasteiger partial charge in [-0.3, -0.25) is 14.9 Å². The number of ether oxygens (including phenoxy) is 1. The topological polar surface area (TPSA) is 106 Å². The molecule has 110 valence electrons. The predicted octanol–water partition coefficient (Wildman–Crippen LogP) is 0.811. The molecule has 1 rings (SSSR count). The molecule has 8 heteroatoms. The molecule has 1 amide bonds. The quantitative estimate of drug-likeness (QED) is 0.370. The molecule has 1 aromatic carbocycles. The molecule has 3 N–H and O–H groups in total. The summed E-state index contributed by atoms with van der Waals surface area (Å²) in [5, 5.41) is 19.2. The first kappa shape index (κ1) is 15.7. The van der Waals surface area contributed by atoms with Crippen molar-refractivity contribution < 1.29 is 14.5 Å². The summed E-state index contributed by atoms with van der Waals surface area (Å²) in [6.07, 6.45) is 0. The summed E-state index contributed by atoms with van der Waals surface area (Å²) in [6, 6.07) is 4.83. The number of hydrogen-bond donors (Lipinski definition) is 3. The van der Waals surface area contributed by atoms with E-state index in [-0.39, 0.29) is 18.1 Å². The first-order chi connectivity index (χ1) is 9.60. The second kappa shape index (κ2) is 7.95. The highest BCUT2D eigenvalue weighted by Crippen LogP contribution is 2.32. The summed E-state index contributed by atoms with van der Waals surface area (Å²) in [6.45, 7) is 0.772. The van der Waals surface area contributed by atoms with Gasteiger partial charge in [0, 0.05) is 20.7 Å². The number of benzene rings is 1. The summed E-state index contributed by atoms with van der Waals surface area (Å²) in [5.41, 5.74) is 0.600. The highest BCUT2D eigenvalue weighted by molar-refractivity contribution is 5.83. The minimum atomic E-state index is -0.489. The summed E-state index contributed by atoms with van der Waals surface area (Å²) < 4.78 is 4.80. The molecule has 0 aliphatic heterocycles. The molecule has 0 atom stereocenters. The molecule has 8 nitrogen and oxygen atoms in total. The lowest BCUT2D eigenvalue weighted by molar-refractivity contribution is -0.383. The van der Waals surface area contributed by atoms with Crippen LogP contribution in [0.2, 0.25) is 0 Å². The fourth-order valence-corrected chi connectivity index (χ4v) is 1.62. The van der Waals surface area contributed by atoms with Crippen molar-refractivity contribution in [1.82, 2.24) is 5.32 Å². The minimum Gasteiger partial charge on any atom is -0.383 e. The number of nitrogens with zero attached hydrogens (tertiary/aromatic N) is 1. The van der Waals surface area contributed by atoms with Crippen LogP contribution in [0.25, 0.3) is 0 Å². The maximum Gasteiger partial charge on any atom is 0.315 e. The van der Waals surface area contributed by atoms with E-state index in [2.05, 4.69) is 16.0 Å². The smallest absolute Gasteiger partial charge is 0.315 e. The molecule has 0 radical (unpaired) electrons. The van der Waals surface area contributed by atoms with E-state index in [9.17, 15) is 14.9 Å². The average Bonchev–Trinajstić information content (AvgIpc) is 2.44. The van der Waals surface area contributed by atoms with Crippen LogP contribution in [0, 0.1) is 10.1 Å². The molecule has 0 bridgehead atoms. The third kappa shape index (κ3) is 4.39. The van der Waals surface area contributed by atoms with Crippen molar-refractivity contribution in [3.05, 3.63) is 28.3 Å². The van der Waals surface area contributed by atoms with E-state index in [1.54, 1.807) is 25.2 Å². The minimum absolute atomic E-state index is 0.0439. The molecular formula is C12H18N4O4. The van der Waals surface area contributed by atoms with Crippen molar-refractivity contribution >= 4 is 23.0 Å². The van der Waals surface area contributed by atoms with Crippen molar-refractivity contribution in [3.8, 4) is 0 Å². The number of methoxy groups -OCH3 is 1. The maximum atomic E-state index is 11.5. The predicted molar refractivity (Wildman–Crippen MR) is 76.0 cm³/mol. The van der Waals surface area contributed by atoms with Crippen LogP contribution in [-0.4, -0.2) is 44.7 Å². The molecule has 0 fully saturated rings. The zero-order chi connectivity index (χ0) is 15.0. The van der Waals surface area contributed by atoms with Gasteiger partial charge in [-0.2, -0.15) is 0 Å². The molecule has 1 aromatic rings. The Kier molecular flexibility index (Phi) is 6.24. The molecular weight excluding hydrogens is 264 g/mol. The van der Waals surface area contributed by atoms with Gasteiger partial charge in [0.1, 0.15) is 11.4 Å². The number of amides is 1. The Hall–Kier alpha value is -2.35. The third-order valence-electron chi connectivity index (χ3n) is 2.56. The van der Waals surface area contributed by atoms with Crippen molar-refractivity contribution in [3.63, 3.8) is 0 Å². The van der Waals surface area contributed by atoms with Crippen molar-refractivity contribution in [2.75, 3.05) is 44.5 Å². The molecule has 0 aliphatic carbocycles. The monoisotopic (exact) mass is 282 g/mol. The first-order valence-electron chi connectivity index (χ1n) is 6.04. The van der Waals surface area contributed by atoms with E-state index in [0.717, 1.165) is 0 Å². The summed E-state index contributed by atoms with van der Waals surface area (Å²) >= 11 is 0. The fourth-order valence-electron chi connectivity index (χ4n) is 1.62. The number of rotatable bonds is 8. The number of nitro benzene ring substituents is 1. The van der Waals surface area contributed by atoms with Crippen molar-refractivity contribution in [2.24, 2.45) is 0 Å². The van der Waals surface area contributed by atoms with Crippen LogP contribution >= 0.6 is 0 Å². The second-order valence-electron chi connectivity index (χ2n) is 3.91. The Bertz CT molecular complexity index is 479. The van der Waals surface area contributed by atoms with Crippen LogP contribution in [-0.2, 0) is 9.53 Å². The zero-order valence-electron chi connectivity index (χ0n) is 11.4. The van der Waals surface area contributed by atoms with Crippen LogP contribution in [0.3, 0.4) is 0 Å². The Morgan fingerprint density at radius 1 is 1.40 bits per heavy atom.